The van der Waals surface area contributed by atoms with E-state index in [-0.39, 0.29) is 0 Å². The van der Waals surface area contributed by atoms with Crippen LogP contribution in [-0.2, 0) is 6.54 Å². The highest BCUT2D eigenvalue weighted by Crippen LogP contribution is 2.15. The number of hydrogen-bond donors (Lipinski definition) is 1. The summed E-state index contributed by atoms with van der Waals surface area (Å²) in [5.41, 5.74) is 2.22. The van der Waals surface area contributed by atoms with E-state index in [4.69, 9.17) is 0 Å². The molecule has 3 rings (SSSR count). The van der Waals surface area contributed by atoms with E-state index in [9.17, 15) is 0 Å². The van der Waals surface area contributed by atoms with Crippen molar-refractivity contribution >= 4 is 16.9 Å². The second-order valence-corrected chi connectivity index (χ2v) is 5.68. The maximum atomic E-state index is 4.59. The fourth-order valence-corrected chi connectivity index (χ4v) is 2.52. The molecule has 0 unspecified atom stereocenters. The predicted molar refractivity (Wildman–Crippen MR) is 89.1 cm³/mol. The van der Waals surface area contributed by atoms with Gasteiger partial charge in [-0.3, -0.25) is 0 Å². The van der Waals surface area contributed by atoms with Crippen LogP contribution in [0.25, 0.3) is 11.0 Å². The number of aryl methyl sites for hydroxylation is 1. The molecule has 0 saturated carbocycles. The average Bonchev–Trinajstić information content (AvgIpc) is 2.84. The first kappa shape index (κ1) is 14.5. The zero-order valence-electron chi connectivity index (χ0n) is 13.2. The van der Waals surface area contributed by atoms with Crippen molar-refractivity contribution in [2.24, 2.45) is 0 Å². The van der Waals surface area contributed by atoms with Crippen LogP contribution in [0.5, 0.6) is 0 Å². The molecule has 1 aromatic carbocycles. The van der Waals surface area contributed by atoms with Crippen LogP contribution in [0.3, 0.4) is 0 Å². The molecular formula is C17H21N5. The number of aromatic nitrogens is 4. The van der Waals surface area contributed by atoms with Crippen molar-refractivity contribution in [3.63, 3.8) is 0 Å². The van der Waals surface area contributed by atoms with Gasteiger partial charge in [-0.1, -0.05) is 26.0 Å². The number of benzene rings is 1. The van der Waals surface area contributed by atoms with Crippen LogP contribution in [0.1, 0.15) is 31.4 Å². The van der Waals surface area contributed by atoms with Gasteiger partial charge in [0.05, 0.1) is 11.0 Å². The SMILES string of the molecule is Cc1nc2ccccc2n1CCNc1ccnc(C(C)C)n1. The maximum absolute atomic E-state index is 4.59. The fourth-order valence-electron chi connectivity index (χ4n) is 2.52. The Morgan fingerprint density at radius 3 is 2.77 bits per heavy atom. The Labute approximate surface area is 130 Å². The Hall–Kier alpha value is -2.43. The van der Waals surface area contributed by atoms with Crippen molar-refractivity contribution in [3.8, 4) is 0 Å². The smallest absolute Gasteiger partial charge is 0.133 e. The van der Waals surface area contributed by atoms with Crippen LogP contribution in [0, 0.1) is 6.92 Å². The van der Waals surface area contributed by atoms with E-state index in [1.807, 2.05) is 37.4 Å². The van der Waals surface area contributed by atoms with E-state index in [0.717, 1.165) is 36.1 Å². The molecule has 5 heteroatoms. The zero-order valence-corrected chi connectivity index (χ0v) is 13.2. The molecule has 0 atom stereocenters. The normalized spacial score (nSPS) is 11.3. The lowest BCUT2D eigenvalue weighted by molar-refractivity contribution is 0.717. The number of fused-ring (bicyclic) bond motifs is 1. The summed E-state index contributed by atoms with van der Waals surface area (Å²) in [5.74, 6) is 3.12. The number of rotatable bonds is 5. The second-order valence-electron chi connectivity index (χ2n) is 5.68. The predicted octanol–water partition coefficient (Wildman–Crippen LogP) is 3.37. The van der Waals surface area contributed by atoms with Crippen LogP contribution < -0.4 is 5.32 Å². The summed E-state index contributed by atoms with van der Waals surface area (Å²) in [5, 5.41) is 3.37. The van der Waals surface area contributed by atoms with Gasteiger partial charge < -0.3 is 9.88 Å². The minimum Gasteiger partial charge on any atom is -0.368 e. The summed E-state index contributed by atoms with van der Waals surface area (Å²) in [6, 6.07) is 10.1. The molecule has 3 aromatic rings. The molecule has 0 fully saturated rings. The minimum absolute atomic E-state index is 0.335. The number of para-hydroxylation sites is 2. The first-order valence-corrected chi connectivity index (χ1v) is 7.64. The van der Waals surface area contributed by atoms with Crippen molar-refractivity contribution in [2.45, 2.75) is 33.2 Å². The summed E-state index contributed by atoms with van der Waals surface area (Å²) < 4.78 is 2.23. The monoisotopic (exact) mass is 295 g/mol. The van der Waals surface area contributed by atoms with Gasteiger partial charge in [0.15, 0.2) is 0 Å². The van der Waals surface area contributed by atoms with Gasteiger partial charge >= 0.3 is 0 Å². The molecule has 22 heavy (non-hydrogen) atoms. The Kier molecular flexibility index (Phi) is 4.04. The van der Waals surface area contributed by atoms with Gasteiger partial charge in [0, 0.05) is 25.2 Å². The van der Waals surface area contributed by atoms with Gasteiger partial charge in [-0.15, -0.1) is 0 Å². The molecule has 0 bridgehead atoms. The number of anilines is 1. The Morgan fingerprint density at radius 2 is 1.95 bits per heavy atom. The highest BCUT2D eigenvalue weighted by atomic mass is 15.1. The van der Waals surface area contributed by atoms with E-state index in [2.05, 4.69) is 44.7 Å². The van der Waals surface area contributed by atoms with Crippen LogP contribution >= 0.6 is 0 Å². The Morgan fingerprint density at radius 1 is 1.14 bits per heavy atom. The lowest BCUT2D eigenvalue weighted by Crippen LogP contribution is -2.13. The summed E-state index contributed by atoms with van der Waals surface area (Å²) >= 11 is 0. The van der Waals surface area contributed by atoms with Crippen LogP contribution in [0.15, 0.2) is 36.5 Å². The number of imidazole rings is 1. The lowest BCUT2D eigenvalue weighted by Gasteiger charge is -2.10. The van der Waals surface area contributed by atoms with Crippen LogP contribution in [0.4, 0.5) is 5.82 Å². The highest BCUT2D eigenvalue weighted by molar-refractivity contribution is 5.75. The first-order valence-electron chi connectivity index (χ1n) is 7.64. The average molecular weight is 295 g/mol. The molecule has 5 nitrogen and oxygen atoms in total. The van der Waals surface area contributed by atoms with E-state index >= 15 is 0 Å². The highest BCUT2D eigenvalue weighted by Gasteiger charge is 2.07. The van der Waals surface area contributed by atoms with Crippen LogP contribution in [-0.4, -0.2) is 26.1 Å². The van der Waals surface area contributed by atoms with Crippen molar-refractivity contribution < 1.29 is 0 Å². The first-order chi connectivity index (χ1) is 10.6. The van der Waals surface area contributed by atoms with Crippen LogP contribution in [0.2, 0.25) is 0 Å². The summed E-state index contributed by atoms with van der Waals surface area (Å²) in [6.45, 7) is 7.89. The third kappa shape index (κ3) is 2.93. The van der Waals surface area contributed by atoms with E-state index in [1.165, 1.54) is 5.52 Å². The molecule has 0 aliphatic heterocycles. The molecule has 0 aliphatic carbocycles. The molecule has 2 aromatic heterocycles. The van der Waals surface area contributed by atoms with Crippen molar-refractivity contribution in [1.29, 1.82) is 0 Å². The van der Waals surface area contributed by atoms with Crippen molar-refractivity contribution in [2.75, 3.05) is 11.9 Å². The number of nitrogens with one attached hydrogen (secondary N) is 1. The standard InChI is InChI=1S/C17H21N5/c1-12(2)17-19-9-8-16(21-17)18-10-11-22-13(3)20-14-6-4-5-7-15(14)22/h4-9,12H,10-11H2,1-3H3,(H,18,19,21). The molecule has 0 radical (unpaired) electrons. The van der Waals surface area contributed by atoms with Crippen molar-refractivity contribution in [3.05, 3.63) is 48.2 Å². The summed E-state index contributed by atoms with van der Waals surface area (Å²) in [7, 11) is 0. The van der Waals surface area contributed by atoms with Gasteiger partial charge in [-0.05, 0) is 25.1 Å². The largest absolute Gasteiger partial charge is 0.368 e. The maximum Gasteiger partial charge on any atom is 0.133 e. The fraction of sp³-hybridized carbons (Fsp3) is 0.353. The topological polar surface area (TPSA) is 55.6 Å². The number of hydrogen-bond acceptors (Lipinski definition) is 4. The van der Waals surface area contributed by atoms with Gasteiger partial charge in [0.25, 0.3) is 0 Å². The van der Waals surface area contributed by atoms with Gasteiger partial charge in [0.2, 0.25) is 0 Å². The van der Waals surface area contributed by atoms with E-state index in [1.54, 1.807) is 0 Å². The summed E-state index contributed by atoms with van der Waals surface area (Å²) in [6.07, 6.45) is 1.81. The van der Waals surface area contributed by atoms with Gasteiger partial charge in [-0.2, -0.15) is 0 Å². The van der Waals surface area contributed by atoms with Gasteiger partial charge in [0.1, 0.15) is 17.5 Å². The van der Waals surface area contributed by atoms with Crippen molar-refractivity contribution in [1.82, 2.24) is 19.5 Å². The molecule has 0 amide bonds. The molecule has 114 valence electrons. The Bertz CT molecular complexity index is 776. The molecule has 0 spiro atoms. The Balaban J connectivity index is 1.70. The lowest BCUT2D eigenvalue weighted by atomic mass is 10.2. The molecule has 0 aliphatic rings. The molecule has 1 N–H and O–H groups in total. The summed E-state index contributed by atoms with van der Waals surface area (Å²) in [4.78, 5) is 13.4. The molecule has 0 saturated heterocycles. The molecular weight excluding hydrogens is 274 g/mol. The third-order valence-corrected chi connectivity index (χ3v) is 3.68. The zero-order chi connectivity index (χ0) is 15.5. The second kappa shape index (κ2) is 6.13. The third-order valence-electron chi connectivity index (χ3n) is 3.68. The number of nitrogens with zero attached hydrogens (tertiary/aromatic N) is 4. The van der Waals surface area contributed by atoms with E-state index < -0.39 is 0 Å². The van der Waals surface area contributed by atoms with Gasteiger partial charge in [-0.25, -0.2) is 15.0 Å². The quantitative estimate of drug-likeness (QED) is 0.784. The minimum atomic E-state index is 0.335. The molecule has 2 heterocycles. The van der Waals surface area contributed by atoms with E-state index in [0.29, 0.717) is 5.92 Å².